The molecule has 4 rings (SSSR count). The number of methoxy groups -OCH3 is 3. The number of carbonyl (C=O) groups is 1. The molecule has 0 saturated carbocycles. The monoisotopic (exact) mass is 432 g/mol. The van der Waals surface area contributed by atoms with Gasteiger partial charge in [0.15, 0.2) is 11.5 Å². The van der Waals surface area contributed by atoms with Gasteiger partial charge in [-0.1, -0.05) is 12.1 Å². The lowest BCUT2D eigenvalue weighted by Gasteiger charge is -2.20. The molecule has 0 bridgehead atoms. The van der Waals surface area contributed by atoms with Gasteiger partial charge in [-0.25, -0.2) is 5.01 Å². The fourth-order valence-electron chi connectivity index (χ4n) is 3.74. The lowest BCUT2D eigenvalue weighted by Crippen LogP contribution is -2.17. The van der Waals surface area contributed by atoms with Gasteiger partial charge in [-0.15, -0.1) is 0 Å². The highest BCUT2D eigenvalue weighted by molar-refractivity contribution is 6.03. The standard InChI is InChI=1S/C24H24N4O4/c1-30-22-12-17(13-23(31-2)24(22)32-3)21-14-20(27-28(21)15-29)16-5-4-6-19(11-16)26-18-7-9-25-10-8-18/h4-13,15,21H,14H2,1-3H3,(H,25,26). The van der Waals surface area contributed by atoms with Gasteiger partial charge in [0.2, 0.25) is 12.2 Å². The van der Waals surface area contributed by atoms with Crippen molar-refractivity contribution in [2.75, 3.05) is 26.6 Å². The van der Waals surface area contributed by atoms with Gasteiger partial charge in [0.25, 0.3) is 0 Å². The molecule has 1 aromatic heterocycles. The summed E-state index contributed by atoms with van der Waals surface area (Å²) in [6.07, 6.45) is 4.75. The third-order valence-corrected chi connectivity index (χ3v) is 5.29. The number of hydrazone groups is 1. The highest BCUT2D eigenvalue weighted by Crippen LogP contribution is 2.42. The van der Waals surface area contributed by atoms with Crippen LogP contribution in [0.15, 0.2) is 66.0 Å². The molecule has 32 heavy (non-hydrogen) atoms. The lowest BCUT2D eigenvalue weighted by atomic mass is 9.97. The molecule has 1 unspecified atom stereocenters. The van der Waals surface area contributed by atoms with Crippen molar-refractivity contribution in [2.45, 2.75) is 12.5 Å². The Hall–Kier alpha value is -4.07. The van der Waals surface area contributed by atoms with E-state index >= 15 is 0 Å². The van der Waals surface area contributed by atoms with Crippen molar-refractivity contribution in [2.24, 2.45) is 5.10 Å². The summed E-state index contributed by atoms with van der Waals surface area (Å²) in [7, 11) is 4.69. The molecular weight excluding hydrogens is 408 g/mol. The van der Waals surface area contributed by atoms with E-state index < -0.39 is 0 Å². The number of pyridine rings is 1. The van der Waals surface area contributed by atoms with E-state index in [9.17, 15) is 4.79 Å². The summed E-state index contributed by atoms with van der Waals surface area (Å²) in [6.45, 7) is 0. The third-order valence-electron chi connectivity index (χ3n) is 5.29. The molecule has 1 amide bonds. The second kappa shape index (κ2) is 9.38. The highest BCUT2D eigenvalue weighted by Gasteiger charge is 2.30. The summed E-state index contributed by atoms with van der Waals surface area (Å²) >= 11 is 0. The van der Waals surface area contributed by atoms with Crippen molar-refractivity contribution in [3.63, 3.8) is 0 Å². The molecule has 0 fully saturated rings. The number of carbonyl (C=O) groups excluding carboxylic acids is 1. The Morgan fingerprint density at radius 1 is 0.969 bits per heavy atom. The van der Waals surface area contributed by atoms with Gasteiger partial charge in [-0.3, -0.25) is 9.78 Å². The van der Waals surface area contributed by atoms with Crippen LogP contribution in [0.1, 0.15) is 23.6 Å². The van der Waals surface area contributed by atoms with Gasteiger partial charge >= 0.3 is 0 Å². The van der Waals surface area contributed by atoms with E-state index in [0.717, 1.165) is 34.6 Å². The fraction of sp³-hybridized carbons (Fsp3) is 0.208. The largest absolute Gasteiger partial charge is 0.493 e. The van der Waals surface area contributed by atoms with Crippen LogP contribution in [0.4, 0.5) is 11.4 Å². The minimum atomic E-state index is -0.284. The average Bonchev–Trinajstić information content (AvgIpc) is 3.28. The smallest absolute Gasteiger partial charge is 0.230 e. The number of anilines is 2. The Morgan fingerprint density at radius 2 is 1.69 bits per heavy atom. The Labute approximate surface area is 186 Å². The molecule has 1 aliphatic heterocycles. The van der Waals surface area contributed by atoms with Crippen molar-refractivity contribution >= 4 is 23.5 Å². The van der Waals surface area contributed by atoms with Crippen LogP contribution in [0.5, 0.6) is 17.2 Å². The molecule has 2 aromatic carbocycles. The SMILES string of the molecule is COc1cc(C2CC(c3cccc(Nc4ccncc4)c3)=NN2C=O)cc(OC)c1OC. The first-order valence-electron chi connectivity index (χ1n) is 10.0. The first kappa shape index (κ1) is 21.2. The van der Waals surface area contributed by atoms with E-state index in [2.05, 4.69) is 15.4 Å². The van der Waals surface area contributed by atoms with Crippen molar-refractivity contribution in [1.29, 1.82) is 0 Å². The zero-order valence-corrected chi connectivity index (χ0v) is 18.1. The van der Waals surface area contributed by atoms with Crippen molar-refractivity contribution in [3.05, 3.63) is 72.1 Å². The molecule has 1 aliphatic rings. The highest BCUT2D eigenvalue weighted by atomic mass is 16.5. The van der Waals surface area contributed by atoms with Gasteiger partial charge in [-0.2, -0.15) is 5.10 Å². The zero-order chi connectivity index (χ0) is 22.5. The first-order valence-corrected chi connectivity index (χ1v) is 10.0. The Kier molecular flexibility index (Phi) is 6.21. The normalized spacial score (nSPS) is 15.2. The predicted molar refractivity (Wildman–Crippen MR) is 122 cm³/mol. The minimum Gasteiger partial charge on any atom is -0.493 e. The summed E-state index contributed by atoms with van der Waals surface area (Å²) in [5.74, 6) is 1.57. The van der Waals surface area contributed by atoms with E-state index in [4.69, 9.17) is 14.2 Å². The predicted octanol–water partition coefficient (Wildman–Crippen LogP) is 4.16. The Balaban J connectivity index is 1.62. The average molecular weight is 432 g/mol. The topological polar surface area (TPSA) is 85.3 Å². The maximum absolute atomic E-state index is 11.8. The molecule has 164 valence electrons. The minimum absolute atomic E-state index is 0.284. The maximum Gasteiger partial charge on any atom is 0.230 e. The summed E-state index contributed by atoms with van der Waals surface area (Å²) in [5, 5.41) is 9.35. The van der Waals surface area contributed by atoms with Gasteiger partial charge in [0, 0.05) is 30.2 Å². The quantitative estimate of drug-likeness (QED) is 0.538. The number of nitrogens with one attached hydrogen (secondary N) is 1. The Morgan fingerprint density at radius 3 is 2.31 bits per heavy atom. The second-order valence-corrected chi connectivity index (χ2v) is 7.15. The number of amides is 1. The molecule has 0 spiro atoms. The summed E-state index contributed by atoms with van der Waals surface area (Å²) in [5.41, 5.74) is 4.46. The van der Waals surface area contributed by atoms with Crippen molar-refractivity contribution in [1.82, 2.24) is 9.99 Å². The first-order chi connectivity index (χ1) is 15.7. The molecule has 8 heteroatoms. The van der Waals surface area contributed by atoms with Crippen LogP contribution in [-0.4, -0.2) is 43.4 Å². The maximum atomic E-state index is 11.8. The number of hydrogen-bond acceptors (Lipinski definition) is 7. The number of aromatic nitrogens is 1. The van der Waals surface area contributed by atoms with E-state index in [1.807, 2.05) is 48.5 Å². The summed E-state index contributed by atoms with van der Waals surface area (Å²) in [6, 6.07) is 15.1. The zero-order valence-electron chi connectivity index (χ0n) is 18.1. The van der Waals surface area contributed by atoms with Crippen LogP contribution in [0.3, 0.4) is 0 Å². The fourth-order valence-corrected chi connectivity index (χ4v) is 3.74. The molecule has 0 aliphatic carbocycles. The third kappa shape index (κ3) is 4.20. The van der Waals surface area contributed by atoms with Crippen LogP contribution in [0.2, 0.25) is 0 Å². The number of hydrogen-bond donors (Lipinski definition) is 1. The number of rotatable bonds is 8. The summed E-state index contributed by atoms with van der Waals surface area (Å²) in [4.78, 5) is 15.9. The van der Waals surface area contributed by atoms with Gasteiger partial charge in [0.05, 0.1) is 33.1 Å². The molecule has 0 saturated heterocycles. The molecule has 3 aromatic rings. The van der Waals surface area contributed by atoms with Gasteiger partial charge in [-0.05, 0) is 47.5 Å². The van der Waals surface area contributed by atoms with E-state index in [1.165, 1.54) is 5.01 Å². The molecule has 2 heterocycles. The van der Waals surface area contributed by atoms with E-state index in [1.54, 1.807) is 33.7 Å². The lowest BCUT2D eigenvalue weighted by molar-refractivity contribution is -0.119. The molecule has 1 N–H and O–H groups in total. The van der Waals surface area contributed by atoms with Crippen molar-refractivity contribution < 1.29 is 19.0 Å². The number of benzene rings is 2. The molecule has 1 atom stereocenters. The van der Waals surface area contributed by atoms with E-state index in [-0.39, 0.29) is 6.04 Å². The number of ether oxygens (including phenoxy) is 3. The molecule has 8 nitrogen and oxygen atoms in total. The molecular formula is C24H24N4O4. The van der Waals surface area contributed by atoms with Crippen LogP contribution >= 0.6 is 0 Å². The van der Waals surface area contributed by atoms with Crippen LogP contribution in [0.25, 0.3) is 0 Å². The van der Waals surface area contributed by atoms with Gasteiger partial charge in [0.1, 0.15) is 0 Å². The number of nitrogens with zero attached hydrogens (tertiary/aromatic N) is 3. The van der Waals surface area contributed by atoms with Crippen LogP contribution in [-0.2, 0) is 4.79 Å². The second-order valence-electron chi connectivity index (χ2n) is 7.15. The van der Waals surface area contributed by atoms with Crippen LogP contribution < -0.4 is 19.5 Å². The Bertz CT molecular complexity index is 1110. The van der Waals surface area contributed by atoms with Gasteiger partial charge < -0.3 is 19.5 Å². The van der Waals surface area contributed by atoms with E-state index in [0.29, 0.717) is 23.7 Å². The molecule has 0 radical (unpaired) electrons. The summed E-state index contributed by atoms with van der Waals surface area (Å²) < 4.78 is 16.3. The van der Waals surface area contributed by atoms with Crippen LogP contribution in [0, 0.1) is 0 Å². The van der Waals surface area contributed by atoms with Crippen molar-refractivity contribution in [3.8, 4) is 17.2 Å².